The van der Waals surface area contributed by atoms with Crippen molar-refractivity contribution < 1.29 is 0 Å². The molecule has 0 spiro atoms. The Hall–Kier alpha value is -1.08. The summed E-state index contributed by atoms with van der Waals surface area (Å²) in [6, 6.07) is 8.75. The van der Waals surface area contributed by atoms with Crippen molar-refractivity contribution >= 4 is 5.57 Å². The quantitative estimate of drug-likeness (QED) is 0.687. The third-order valence-electron chi connectivity index (χ3n) is 2.45. The van der Waals surface area contributed by atoms with Gasteiger partial charge in [0.05, 0.1) is 0 Å². The fraction of sp³-hybridized carbons (Fsp3) is 0.333. The molecule has 0 unspecified atom stereocenters. The third-order valence-corrected chi connectivity index (χ3v) is 2.45. The Bertz CT molecular complexity index is 308. The first-order valence-corrected chi connectivity index (χ1v) is 4.83. The van der Waals surface area contributed by atoms with Crippen LogP contribution < -0.4 is 5.32 Å². The Morgan fingerprint density at radius 1 is 1.15 bits per heavy atom. The molecule has 1 aliphatic heterocycles. The summed E-state index contributed by atoms with van der Waals surface area (Å²) in [5.74, 6) is 0. The van der Waals surface area contributed by atoms with Crippen molar-refractivity contribution in [3.8, 4) is 0 Å². The van der Waals surface area contributed by atoms with Gasteiger partial charge < -0.3 is 5.32 Å². The molecule has 0 aliphatic carbocycles. The van der Waals surface area contributed by atoms with Crippen LogP contribution in [0.1, 0.15) is 17.5 Å². The van der Waals surface area contributed by atoms with Gasteiger partial charge in [0.1, 0.15) is 0 Å². The Morgan fingerprint density at radius 2 is 1.92 bits per heavy atom. The molecular weight excluding hydrogens is 158 g/mol. The summed E-state index contributed by atoms with van der Waals surface area (Å²) in [5.41, 5.74) is 4.12. The van der Waals surface area contributed by atoms with E-state index in [1.54, 1.807) is 0 Å². The first kappa shape index (κ1) is 8.52. The van der Waals surface area contributed by atoms with Gasteiger partial charge in [-0.1, -0.05) is 35.9 Å². The van der Waals surface area contributed by atoms with Gasteiger partial charge in [-0.25, -0.2) is 0 Å². The van der Waals surface area contributed by atoms with Gasteiger partial charge in [0.15, 0.2) is 0 Å². The van der Waals surface area contributed by atoms with Gasteiger partial charge in [-0.3, -0.25) is 0 Å². The summed E-state index contributed by atoms with van der Waals surface area (Å²) in [6.45, 7) is 4.26. The molecule has 1 aliphatic rings. The molecule has 1 aromatic rings. The molecule has 0 bridgehead atoms. The first-order valence-electron chi connectivity index (χ1n) is 4.83. The van der Waals surface area contributed by atoms with E-state index >= 15 is 0 Å². The van der Waals surface area contributed by atoms with Crippen LogP contribution in [0.5, 0.6) is 0 Å². The molecule has 68 valence electrons. The minimum Gasteiger partial charge on any atom is -0.312 e. The fourth-order valence-corrected chi connectivity index (χ4v) is 1.63. The molecule has 0 radical (unpaired) electrons. The van der Waals surface area contributed by atoms with E-state index in [1.165, 1.54) is 16.7 Å². The average molecular weight is 173 g/mol. The number of hydrogen-bond donors (Lipinski definition) is 1. The van der Waals surface area contributed by atoms with Gasteiger partial charge in [0.2, 0.25) is 0 Å². The van der Waals surface area contributed by atoms with E-state index in [0.717, 1.165) is 19.5 Å². The number of benzene rings is 1. The van der Waals surface area contributed by atoms with Crippen LogP contribution >= 0.6 is 0 Å². The summed E-state index contributed by atoms with van der Waals surface area (Å²) in [6.07, 6.45) is 3.49. The van der Waals surface area contributed by atoms with E-state index in [0.29, 0.717) is 0 Å². The van der Waals surface area contributed by atoms with Crippen LogP contribution in [0.15, 0.2) is 30.3 Å². The predicted molar refractivity (Wildman–Crippen MR) is 56.6 cm³/mol. The standard InChI is InChI=1S/C12H15N/c1-10-4-6-11(7-5-10)12-3-2-8-13-9-12/h3-7,13H,2,8-9H2,1H3. The Kier molecular flexibility index (Phi) is 2.46. The molecule has 1 heteroatoms. The lowest BCUT2D eigenvalue weighted by atomic mass is 10.0. The Morgan fingerprint density at radius 3 is 2.54 bits per heavy atom. The minimum atomic E-state index is 1.02. The molecule has 2 rings (SSSR count). The van der Waals surface area contributed by atoms with Crippen LogP contribution in [0.3, 0.4) is 0 Å². The summed E-state index contributed by atoms with van der Waals surface area (Å²) >= 11 is 0. The van der Waals surface area contributed by atoms with Crippen LogP contribution in [0.25, 0.3) is 5.57 Å². The molecule has 0 saturated heterocycles. The van der Waals surface area contributed by atoms with Crippen molar-refractivity contribution in [1.82, 2.24) is 5.32 Å². The van der Waals surface area contributed by atoms with Crippen LogP contribution in [-0.4, -0.2) is 13.1 Å². The van der Waals surface area contributed by atoms with Gasteiger partial charge >= 0.3 is 0 Å². The molecule has 0 atom stereocenters. The lowest BCUT2D eigenvalue weighted by Gasteiger charge is -2.14. The van der Waals surface area contributed by atoms with Crippen molar-refractivity contribution in [3.63, 3.8) is 0 Å². The maximum Gasteiger partial charge on any atom is 0.0208 e. The van der Waals surface area contributed by atoms with Gasteiger partial charge in [0, 0.05) is 6.54 Å². The minimum absolute atomic E-state index is 1.02. The molecular formula is C12H15N. The summed E-state index contributed by atoms with van der Waals surface area (Å²) in [5, 5.41) is 3.38. The van der Waals surface area contributed by atoms with Crippen LogP contribution in [0.2, 0.25) is 0 Å². The fourth-order valence-electron chi connectivity index (χ4n) is 1.63. The van der Waals surface area contributed by atoms with Crippen molar-refractivity contribution in [1.29, 1.82) is 0 Å². The summed E-state index contributed by atoms with van der Waals surface area (Å²) in [7, 11) is 0. The van der Waals surface area contributed by atoms with E-state index in [2.05, 4.69) is 42.6 Å². The lowest BCUT2D eigenvalue weighted by molar-refractivity contribution is 0.739. The Labute approximate surface area is 79.5 Å². The zero-order chi connectivity index (χ0) is 9.10. The van der Waals surface area contributed by atoms with Gasteiger partial charge in [0.25, 0.3) is 0 Å². The van der Waals surface area contributed by atoms with Crippen molar-refractivity contribution in [2.24, 2.45) is 0 Å². The lowest BCUT2D eigenvalue weighted by Crippen LogP contribution is -2.21. The summed E-state index contributed by atoms with van der Waals surface area (Å²) in [4.78, 5) is 0. The number of hydrogen-bond acceptors (Lipinski definition) is 1. The highest BCUT2D eigenvalue weighted by atomic mass is 14.9. The second kappa shape index (κ2) is 3.75. The van der Waals surface area contributed by atoms with E-state index < -0.39 is 0 Å². The normalized spacial score (nSPS) is 16.8. The average Bonchev–Trinajstić information content (AvgIpc) is 2.20. The third kappa shape index (κ3) is 1.99. The number of nitrogens with one attached hydrogen (secondary N) is 1. The number of rotatable bonds is 1. The molecule has 1 aromatic carbocycles. The highest BCUT2D eigenvalue weighted by molar-refractivity contribution is 5.67. The maximum atomic E-state index is 3.38. The van der Waals surface area contributed by atoms with Crippen LogP contribution in [0, 0.1) is 6.92 Å². The van der Waals surface area contributed by atoms with E-state index in [9.17, 15) is 0 Å². The molecule has 0 amide bonds. The van der Waals surface area contributed by atoms with Crippen molar-refractivity contribution in [2.45, 2.75) is 13.3 Å². The zero-order valence-electron chi connectivity index (χ0n) is 8.01. The molecule has 0 fully saturated rings. The predicted octanol–water partition coefficient (Wildman–Crippen LogP) is 2.37. The molecule has 1 N–H and O–H groups in total. The van der Waals surface area contributed by atoms with E-state index in [-0.39, 0.29) is 0 Å². The van der Waals surface area contributed by atoms with Crippen molar-refractivity contribution in [2.75, 3.05) is 13.1 Å². The molecule has 13 heavy (non-hydrogen) atoms. The van der Waals surface area contributed by atoms with Crippen LogP contribution in [0.4, 0.5) is 0 Å². The monoisotopic (exact) mass is 173 g/mol. The maximum absolute atomic E-state index is 3.38. The molecule has 0 aromatic heterocycles. The van der Waals surface area contributed by atoms with E-state index in [4.69, 9.17) is 0 Å². The molecule has 0 saturated carbocycles. The second-order valence-corrected chi connectivity index (χ2v) is 3.56. The zero-order valence-corrected chi connectivity index (χ0v) is 8.01. The van der Waals surface area contributed by atoms with Gasteiger partial charge in [-0.2, -0.15) is 0 Å². The second-order valence-electron chi connectivity index (χ2n) is 3.56. The van der Waals surface area contributed by atoms with E-state index in [1.807, 2.05) is 0 Å². The number of aryl methyl sites for hydroxylation is 1. The summed E-state index contributed by atoms with van der Waals surface area (Å²) < 4.78 is 0. The largest absolute Gasteiger partial charge is 0.312 e. The topological polar surface area (TPSA) is 12.0 Å². The van der Waals surface area contributed by atoms with Crippen molar-refractivity contribution in [3.05, 3.63) is 41.5 Å². The van der Waals surface area contributed by atoms with Gasteiger partial charge in [-0.05, 0) is 31.0 Å². The van der Waals surface area contributed by atoms with Crippen LogP contribution in [-0.2, 0) is 0 Å². The smallest absolute Gasteiger partial charge is 0.0208 e. The first-order chi connectivity index (χ1) is 6.36. The highest BCUT2D eigenvalue weighted by Gasteiger charge is 2.04. The Balaban J connectivity index is 2.24. The van der Waals surface area contributed by atoms with Gasteiger partial charge in [-0.15, -0.1) is 0 Å². The highest BCUT2D eigenvalue weighted by Crippen LogP contribution is 2.16. The SMILES string of the molecule is Cc1ccc(C2=CCCNC2)cc1. The molecule has 1 heterocycles. The molecule has 1 nitrogen and oxygen atoms in total.